The molecule has 3 amide bonds. The van der Waals surface area contributed by atoms with Gasteiger partial charge in [-0.05, 0) is 24.8 Å². The van der Waals surface area contributed by atoms with Crippen LogP contribution < -0.4 is 5.32 Å². The molecule has 2 fully saturated rings. The van der Waals surface area contributed by atoms with Crippen LogP contribution in [0.4, 0.5) is 0 Å². The van der Waals surface area contributed by atoms with Gasteiger partial charge in [0, 0.05) is 19.5 Å². The zero-order valence-corrected chi connectivity index (χ0v) is 25.0. The average Bonchev–Trinajstić information content (AvgIpc) is 3.66. The minimum Gasteiger partial charge on any atom is -0.455 e. The van der Waals surface area contributed by atoms with Gasteiger partial charge in [-0.25, -0.2) is 0 Å². The third-order valence-corrected chi connectivity index (χ3v) is 9.18. The number of ether oxygens (including phenoxy) is 2. The van der Waals surface area contributed by atoms with Gasteiger partial charge in [0.15, 0.2) is 0 Å². The van der Waals surface area contributed by atoms with E-state index < -0.39 is 47.7 Å². The highest BCUT2D eigenvalue weighted by Crippen LogP contribution is 2.56. The van der Waals surface area contributed by atoms with E-state index in [2.05, 4.69) is 12.2 Å². The topological polar surface area (TPSA) is 125 Å². The Bertz CT molecular complexity index is 1250. The van der Waals surface area contributed by atoms with E-state index in [0.29, 0.717) is 31.5 Å². The van der Waals surface area contributed by atoms with Crippen molar-refractivity contribution in [2.75, 3.05) is 26.2 Å². The molecule has 1 aromatic rings. The van der Waals surface area contributed by atoms with E-state index in [4.69, 9.17) is 9.47 Å². The number of fused-ring (bicyclic) bond motifs is 2. The maximum Gasteiger partial charge on any atom is 0.313 e. The molecule has 0 unspecified atom stereocenters. The fourth-order valence-electron chi connectivity index (χ4n) is 6.92. The number of esters is 1. The maximum atomic E-state index is 14.5. The first kappa shape index (κ1) is 30.9. The summed E-state index contributed by atoms with van der Waals surface area (Å²) in [5, 5.41) is 13.2. The van der Waals surface area contributed by atoms with E-state index in [0.717, 1.165) is 19.3 Å². The maximum absolute atomic E-state index is 14.5. The number of nitrogens with zero attached hydrogens (tertiary/aromatic N) is 2. The third-order valence-electron chi connectivity index (χ3n) is 9.18. The molecule has 0 aliphatic carbocycles. The first-order valence-electron chi connectivity index (χ1n) is 15.6. The summed E-state index contributed by atoms with van der Waals surface area (Å²) in [4.78, 5) is 58.6. The Kier molecular flexibility index (Phi) is 9.66. The highest BCUT2D eigenvalue weighted by Gasteiger charge is 2.74. The number of hydrogen-bond donors (Lipinski definition) is 2. The summed E-state index contributed by atoms with van der Waals surface area (Å²) in [7, 11) is 0. The number of aliphatic hydroxyl groups excluding tert-OH is 1. The minimum absolute atomic E-state index is 0.0804. The van der Waals surface area contributed by atoms with Crippen molar-refractivity contribution < 1.29 is 33.8 Å². The summed E-state index contributed by atoms with van der Waals surface area (Å²) in [5.74, 6) is -3.39. The van der Waals surface area contributed by atoms with Crippen LogP contribution >= 0.6 is 0 Å². The summed E-state index contributed by atoms with van der Waals surface area (Å²) in [6, 6.07) is 7.53. The second kappa shape index (κ2) is 13.4. The number of allylic oxidation sites excluding steroid dienone is 1. The first-order chi connectivity index (χ1) is 20.9. The van der Waals surface area contributed by atoms with Crippen molar-refractivity contribution in [3.05, 3.63) is 60.2 Å². The largest absolute Gasteiger partial charge is 0.455 e. The van der Waals surface area contributed by atoms with Crippen LogP contribution in [0.1, 0.15) is 64.0 Å². The normalized spacial score (nSPS) is 32.5. The van der Waals surface area contributed by atoms with E-state index in [-0.39, 0.29) is 37.3 Å². The Labute approximate surface area is 253 Å². The van der Waals surface area contributed by atoms with E-state index in [1.54, 1.807) is 17.1 Å². The van der Waals surface area contributed by atoms with Gasteiger partial charge in [0.1, 0.15) is 23.7 Å². The summed E-state index contributed by atoms with van der Waals surface area (Å²) in [6.45, 7) is 4.52. The lowest BCUT2D eigenvalue weighted by Crippen LogP contribution is -2.58. The summed E-state index contributed by atoms with van der Waals surface area (Å²) >= 11 is 0. The molecule has 1 aromatic carbocycles. The van der Waals surface area contributed by atoms with Crippen molar-refractivity contribution in [3.63, 3.8) is 0 Å². The molecule has 10 heteroatoms. The number of hydrogen-bond acceptors (Lipinski definition) is 7. The number of amides is 3. The lowest BCUT2D eigenvalue weighted by molar-refractivity contribution is -0.160. The van der Waals surface area contributed by atoms with E-state index in [1.807, 2.05) is 49.4 Å². The molecule has 0 aromatic heterocycles. The van der Waals surface area contributed by atoms with Crippen LogP contribution in [0.5, 0.6) is 0 Å². The van der Waals surface area contributed by atoms with Crippen molar-refractivity contribution in [2.24, 2.45) is 11.8 Å². The van der Waals surface area contributed by atoms with Crippen LogP contribution in [0.15, 0.2) is 54.6 Å². The molecule has 2 saturated heterocycles. The molecule has 5 rings (SSSR count). The lowest BCUT2D eigenvalue weighted by atomic mass is 9.74. The Morgan fingerprint density at radius 1 is 1.07 bits per heavy atom. The quantitative estimate of drug-likeness (QED) is 0.270. The van der Waals surface area contributed by atoms with Gasteiger partial charge in [-0.3, -0.25) is 19.2 Å². The predicted molar refractivity (Wildman–Crippen MR) is 158 cm³/mol. The van der Waals surface area contributed by atoms with Gasteiger partial charge in [-0.15, -0.1) is 0 Å². The van der Waals surface area contributed by atoms with Crippen LogP contribution in [0.3, 0.4) is 0 Å². The average molecular weight is 594 g/mol. The van der Waals surface area contributed by atoms with Crippen molar-refractivity contribution in [1.82, 2.24) is 15.1 Å². The van der Waals surface area contributed by atoms with Gasteiger partial charge in [0.25, 0.3) is 0 Å². The molecule has 7 atom stereocenters. The lowest BCUT2D eigenvalue weighted by Gasteiger charge is -2.38. The van der Waals surface area contributed by atoms with Gasteiger partial charge >= 0.3 is 5.97 Å². The number of carbonyl (C=O) groups is 4. The number of benzene rings is 1. The molecule has 4 aliphatic rings. The molecule has 232 valence electrons. The molecule has 2 N–H and O–H groups in total. The van der Waals surface area contributed by atoms with E-state index in [9.17, 15) is 24.3 Å². The molecule has 5 bridgehead atoms. The summed E-state index contributed by atoms with van der Waals surface area (Å²) in [5.41, 5.74) is -0.632. The summed E-state index contributed by atoms with van der Waals surface area (Å²) in [6.07, 6.45) is 9.70. The molecule has 4 aliphatic heterocycles. The van der Waals surface area contributed by atoms with Gasteiger partial charge in [0.05, 0.1) is 31.2 Å². The molecule has 4 heterocycles. The molecular weight excluding hydrogens is 550 g/mol. The molecule has 10 nitrogen and oxygen atoms in total. The molecule has 1 spiro atoms. The first-order valence-corrected chi connectivity index (χ1v) is 15.6. The third kappa shape index (κ3) is 5.87. The van der Waals surface area contributed by atoms with Crippen LogP contribution in [-0.2, 0) is 28.7 Å². The second-order valence-electron chi connectivity index (χ2n) is 11.8. The summed E-state index contributed by atoms with van der Waals surface area (Å²) < 4.78 is 12.5. The molecule has 0 radical (unpaired) electrons. The highest BCUT2D eigenvalue weighted by atomic mass is 16.6. The SMILES string of the molecule is CCCCCN1C/C=C\CCC(=O)NC[C@@H](c2ccccc2)OC(=O)[C@@H]2[C@@H]3C=C[C@]4(O3)[C@H](C1=O)N([C@@H](CC)CO)C(=O)[C@@H]24. The van der Waals surface area contributed by atoms with Crippen molar-refractivity contribution >= 4 is 23.7 Å². The van der Waals surface area contributed by atoms with E-state index in [1.165, 1.54) is 4.90 Å². The van der Waals surface area contributed by atoms with E-state index >= 15 is 0 Å². The number of nitrogens with one attached hydrogen (secondary N) is 1. The Morgan fingerprint density at radius 3 is 2.58 bits per heavy atom. The smallest absolute Gasteiger partial charge is 0.313 e. The fraction of sp³-hybridized carbons (Fsp3) is 0.576. The Morgan fingerprint density at radius 2 is 1.86 bits per heavy atom. The Hall–Kier alpha value is -3.50. The zero-order valence-electron chi connectivity index (χ0n) is 25.0. The zero-order chi connectivity index (χ0) is 30.6. The predicted octanol–water partition coefficient (Wildman–Crippen LogP) is 2.68. The van der Waals surface area contributed by atoms with Crippen LogP contribution in [0, 0.1) is 11.8 Å². The minimum atomic E-state index is -1.34. The molecule has 0 saturated carbocycles. The van der Waals surface area contributed by atoms with Gasteiger partial charge in [-0.1, -0.05) is 81.3 Å². The van der Waals surface area contributed by atoms with Gasteiger partial charge in [0.2, 0.25) is 17.7 Å². The van der Waals surface area contributed by atoms with Crippen molar-refractivity contribution in [3.8, 4) is 0 Å². The van der Waals surface area contributed by atoms with Crippen molar-refractivity contribution in [1.29, 1.82) is 0 Å². The fourth-order valence-corrected chi connectivity index (χ4v) is 6.92. The second-order valence-corrected chi connectivity index (χ2v) is 11.8. The van der Waals surface area contributed by atoms with Gasteiger partial charge < -0.3 is 29.7 Å². The molecule has 43 heavy (non-hydrogen) atoms. The number of likely N-dealkylation sites (tertiary alicyclic amines) is 1. The van der Waals surface area contributed by atoms with Crippen LogP contribution in [0.2, 0.25) is 0 Å². The standard InChI is InChI=1S/C33H43N3O7/c1-3-5-11-18-35-19-12-7-10-15-26(38)34-20-25(22-13-8-6-9-14-22)42-32(41)27-24-16-17-33(43-24)28(27)30(39)36(23(4-2)21-37)29(33)31(35)40/h6-9,12-14,16-17,23-25,27-29,37H,3-5,10-11,15,18-21H2,1-2H3,(H,34,38)/b12-7-/t23-,24-,25-,27+,28+,29-,33+/m0/s1. The number of aliphatic hydroxyl groups is 1. The number of unbranched alkanes of at least 4 members (excludes halogenated alkanes) is 2. The Balaban J connectivity index is 1.56. The highest BCUT2D eigenvalue weighted by molar-refractivity contribution is 5.99. The number of carbonyl (C=O) groups excluding carboxylic acids is 4. The monoisotopic (exact) mass is 593 g/mol. The number of rotatable bonds is 8. The van der Waals surface area contributed by atoms with Crippen LogP contribution in [0.25, 0.3) is 0 Å². The van der Waals surface area contributed by atoms with Gasteiger partial charge in [-0.2, -0.15) is 0 Å². The van der Waals surface area contributed by atoms with Crippen molar-refractivity contribution in [2.45, 2.75) is 82.3 Å². The van der Waals surface area contributed by atoms with Crippen LogP contribution in [-0.4, -0.2) is 88.6 Å². The number of cyclic esters (lactones) is 1. The molecular formula is C33H43N3O7.